The Labute approximate surface area is 109 Å². The van der Waals surface area contributed by atoms with E-state index in [4.69, 9.17) is 4.74 Å². The fourth-order valence-electron chi connectivity index (χ4n) is 2.33. The van der Waals surface area contributed by atoms with Gasteiger partial charge in [0.15, 0.2) is 0 Å². The number of anilines is 1. The van der Waals surface area contributed by atoms with E-state index in [9.17, 15) is 4.79 Å². The number of methoxy groups -OCH3 is 1. The average molecular weight is 251 g/mol. The van der Waals surface area contributed by atoms with Crippen LogP contribution in [0.2, 0.25) is 0 Å². The summed E-state index contributed by atoms with van der Waals surface area (Å²) < 4.78 is 5.03. The molecular formula is C13H21N3O2. The lowest BCUT2D eigenvalue weighted by molar-refractivity contribution is -0.120. The lowest BCUT2D eigenvalue weighted by atomic mass is 10.2. The number of rotatable bonds is 4. The maximum atomic E-state index is 12.2. The number of carbonyl (C=O) groups is 1. The number of likely N-dealkylation sites (N-methyl/N-ethyl adjacent to an activating group) is 1. The van der Waals surface area contributed by atoms with Crippen LogP contribution in [-0.2, 0) is 4.79 Å². The maximum absolute atomic E-state index is 12.2. The van der Waals surface area contributed by atoms with E-state index in [1.165, 1.54) is 0 Å². The summed E-state index contributed by atoms with van der Waals surface area (Å²) in [7, 11) is 1.56. The fourth-order valence-corrected chi connectivity index (χ4v) is 2.33. The smallest absolute Gasteiger partial charge is 0.241 e. The number of likely N-dealkylation sites (tertiary alicyclic amines) is 1. The third-order valence-electron chi connectivity index (χ3n) is 3.28. The first-order chi connectivity index (χ1) is 8.74. The standard InChI is InChI=1S/C13H19N3O2.H2/c1-3-16-8-4-5-11(16)13(17)15-10-6-7-14-12(9-10)18-2;/h6-7,9,11H,3-5,8H2,1-2H3,(H,14,15,17);1H/t11-;/m0./s1. The van der Waals surface area contributed by atoms with Crippen LogP contribution in [0.3, 0.4) is 0 Å². The molecule has 1 aromatic rings. The number of ether oxygens (including phenoxy) is 1. The first-order valence-electron chi connectivity index (χ1n) is 6.29. The molecule has 1 aliphatic rings. The van der Waals surface area contributed by atoms with Gasteiger partial charge in [-0.05, 0) is 32.0 Å². The molecule has 2 rings (SSSR count). The normalized spacial score (nSPS) is 19.8. The van der Waals surface area contributed by atoms with Crippen molar-refractivity contribution in [2.75, 3.05) is 25.5 Å². The number of hydrogen-bond acceptors (Lipinski definition) is 4. The highest BCUT2D eigenvalue weighted by Gasteiger charge is 2.29. The molecular weight excluding hydrogens is 230 g/mol. The summed E-state index contributed by atoms with van der Waals surface area (Å²) in [6.45, 7) is 4.01. The van der Waals surface area contributed by atoms with Crippen molar-refractivity contribution < 1.29 is 11.0 Å². The van der Waals surface area contributed by atoms with Crippen LogP contribution < -0.4 is 10.1 Å². The van der Waals surface area contributed by atoms with Gasteiger partial charge in [-0.25, -0.2) is 4.98 Å². The van der Waals surface area contributed by atoms with Crippen molar-refractivity contribution in [1.29, 1.82) is 0 Å². The second-order valence-corrected chi connectivity index (χ2v) is 4.36. The van der Waals surface area contributed by atoms with Crippen LogP contribution in [-0.4, -0.2) is 42.0 Å². The van der Waals surface area contributed by atoms with Crippen molar-refractivity contribution in [2.24, 2.45) is 0 Å². The monoisotopic (exact) mass is 251 g/mol. The zero-order chi connectivity index (χ0) is 13.0. The molecule has 1 N–H and O–H groups in total. The third kappa shape index (κ3) is 2.79. The lowest BCUT2D eigenvalue weighted by Gasteiger charge is -2.21. The van der Waals surface area contributed by atoms with E-state index in [0.717, 1.165) is 31.6 Å². The van der Waals surface area contributed by atoms with Crippen LogP contribution in [0, 0.1) is 0 Å². The van der Waals surface area contributed by atoms with E-state index >= 15 is 0 Å². The second kappa shape index (κ2) is 5.82. The molecule has 1 fully saturated rings. The molecule has 0 spiro atoms. The molecule has 5 heteroatoms. The average Bonchev–Trinajstić information content (AvgIpc) is 2.87. The molecule has 0 aromatic carbocycles. The molecule has 0 aliphatic carbocycles. The topological polar surface area (TPSA) is 54.5 Å². The zero-order valence-corrected chi connectivity index (χ0v) is 10.8. The molecule has 1 atom stereocenters. The first kappa shape index (κ1) is 12.8. The Morgan fingerprint density at radius 2 is 2.56 bits per heavy atom. The van der Waals surface area contributed by atoms with Gasteiger partial charge in [0, 0.05) is 19.4 Å². The Balaban J connectivity index is 0.00000180. The molecule has 0 unspecified atom stereocenters. The van der Waals surface area contributed by atoms with Crippen molar-refractivity contribution in [3.8, 4) is 5.88 Å². The van der Waals surface area contributed by atoms with Gasteiger partial charge in [-0.1, -0.05) is 6.92 Å². The summed E-state index contributed by atoms with van der Waals surface area (Å²) in [6.07, 6.45) is 3.65. The van der Waals surface area contributed by atoms with Crippen LogP contribution in [0.4, 0.5) is 5.69 Å². The molecule has 0 radical (unpaired) electrons. The minimum absolute atomic E-state index is 0. The van der Waals surface area contributed by atoms with Gasteiger partial charge < -0.3 is 10.1 Å². The molecule has 1 aromatic heterocycles. The molecule has 1 amide bonds. The predicted molar refractivity (Wildman–Crippen MR) is 71.8 cm³/mol. The SMILES string of the molecule is CCN1CCC[C@H]1C(=O)Nc1ccnc(OC)c1.[HH]. The van der Waals surface area contributed by atoms with E-state index in [1.807, 2.05) is 0 Å². The molecule has 1 aliphatic heterocycles. The Kier molecular flexibility index (Phi) is 4.15. The Hall–Kier alpha value is -1.62. The number of pyridine rings is 1. The van der Waals surface area contributed by atoms with E-state index in [0.29, 0.717) is 5.88 Å². The molecule has 1 saturated heterocycles. The zero-order valence-electron chi connectivity index (χ0n) is 10.8. The molecule has 0 saturated carbocycles. The van der Waals surface area contributed by atoms with Gasteiger partial charge in [0.25, 0.3) is 0 Å². The number of nitrogens with zero attached hydrogens (tertiary/aromatic N) is 2. The Morgan fingerprint density at radius 1 is 1.72 bits per heavy atom. The summed E-state index contributed by atoms with van der Waals surface area (Å²) in [6, 6.07) is 3.49. The first-order valence-corrected chi connectivity index (χ1v) is 6.29. The number of aromatic nitrogens is 1. The summed E-state index contributed by atoms with van der Waals surface area (Å²) in [4.78, 5) is 18.4. The van der Waals surface area contributed by atoms with Crippen molar-refractivity contribution >= 4 is 11.6 Å². The minimum atomic E-state index is -0.00541. The van der Waals surface area contributed by atoms with Gasteiger partial charge in [-0.15, -0.1) is 0 Å². The summed E-state index contributed by atoms with van der Waals surface area (Å²) in [5.41, 5.74) is 0.731. The van der Waals surface area contributed by atoms with Gasteiger partial charge in [-0.2, -0.15) is 0 Å². The predicted octanol–water partition coefficient (Wildman–Crippen LogP) is 1.76. The maximum Gasteiger partial charge on any atom is 0.241 e. The third-order valence-corrected chi connectivity index (χ3v) is 3.28. The van der Waals surface area contributed by atoms with E-state index in [1.54, 1.807) is 25.4 Å². The molecule has 0 bridgehead atoms. The van der Waals surface area contributed by atoms with Crippen LogP contribution >= 0.6 is 0 Å². The second-order valence-electron chi connectivity index (χ2n) is 4.36. The van der Waals surface area contributed by atoms with Gasteiger partial charge in [0.05, 0.1) is 13.2 Å². The Morgan fingerprint density at radius 3 is 3.28 bits per heavy atom. The van der Waals surface area contributed by atoms with Gasteiger partial charge >= 0.3 is 0 Å². The summed E-state index contributed by atoms with van der Waals surface area (Å²) in [5.74, 6) is 0.564. The van der Waals surface area contributed by atoms with Gasteiger partial charge in [-0.3, -0.25) is 9.69 Å². The van der Waals surface area contributed by atoms with Gasteiger partial charge in [0.1, 0.15) is 0 Å². The quantitative estimate of drug-likeness (QED) is 0.886. The minimum Gasteiger partial charge on any atom is -0.481 e. The highest BCUT2D eigenvalue weighted by molar-refractivity contribution is 5.95. The van der Waals surface area contributed by atoms with Crippen molar-refractivity contribution in [2.45, 2.75) is 25.8 Å². The highest BCUT2D eigenvalue weighted by Crippen LogP contribution is 2.19. The van der Waals surface area contributed by atoms with Crippen LogP contribution in [0.5, 0.6) is 5.88 Å². The summed E-state index contributed by atoms with van der Waals surface area (Å²) >= 11 is 0. The van der Waals surface area contributed by atoms with Crippen molar-refractivity contribution in [3.05, 3.63) is 18.3 Å². The summed E-state index contributed by atoms with van der Waals surface area (Å²) in [5, 5.41) is 2.92. The number of nitrogens with one attached hydrogen (secondary N) is 1. The lowest BCUT2D eigenvalue weighted by Crippen LogP contribution is -2.39. The highest BCUT2D eigenvalue weighted by atomic mass is 16.5. The van der Waals surface area contributed by atoms with Crippen LogP contribution in [0.15, 0.2) is 18.3 Å². The van der Waals surface area contributed by atoms with Gasteiger partial charge in [0.2, 0.25) is 11.8 Å². The fraction of sp³-hybridized carbons (Fsp3) is 0.538. The van der Waals surface area contributed by atoms with Crippen molar-refractivity contribution in [3.63, 3.8) is 0 Å². The molecule has 18 heavy (non-hydrogen) atoms. The van der Waals surface area contributed by atoms with E-state index < -0.39 is 0 Å². The van der Waals surface area contributed by atoms with Crippen molar-refractivity contribution in [1.82, 2.24) is 9.88 Å². The number of amides is 1. The largest absolute Gasteiger partial charge is 0.481 e. The molecule has 100 valence electrons. The van der Waals surface area contributed by atoms with E-state index in [-0.39, 0.29) is 13.4 Å². The Bertz CT molecular complexity index is 428. The number of carbonyl (C=O) groups excluding carboxylic acids is 1. The van der Waals surface area contributed by atoms with Crippen LogP contribution in [0.1, 0.15) is 21.2 Å². The molecule has 5 nitrogen and oxygen atoms in total. The van der Waals surface area contributed by atoms with Crippen LogP contribution in [0.25, 0.3) is 0 Å². The van der Waals surface area contributed by atoms with E-state index in [2.05, 4.69) is 22.1 Å². The molecule has 2 heterocycles. The number of hydrogen-bond donors (Lipinski definition) is 1.